The number of esters is 1. The van der Waals surface area contributed by atoms with E-state index in [4.69, 9.17) is 23.3 Å². The minimum absolute atomic E-state index is 0.0472. The zero-order valence-corrected chi connectivity index (χ0v) is 18.9. The first kappa shape index (κ1) is 24.1. The van der Waals surface area contributed by atoms with E-state index in [1.54, 1.807) is 37.3 Å². The number of hydrogen-bond acceptors (Lipinski definition) is 9. The molecule has 1 aromatic heterocycles. The molecule has 174 valence electrons. The number of ether oxygens (including phenoxy) is 3. The molecule has 32 heavy (non-hydrogen) atoms. The Balaban J connectivity index is 1.87. The summed E-state index contributed by atoms with van der Waals surface area (Å²) in [4.78, 5) is 38.8. The molecule has 1 fully saturated rings. The minimum atomic E-state index is -3.62. The maximum absolute atomic E-state index is 12.6. The number of carbonyl (C=O) groups is 1. The molecule has 1 saturated heterocycles. The van der Waals surface area contributed by atoms with Crippen molar-refractivity contribution in [2.24, 2.45) is 0 Å². The predicted molar refractivity (Wildman–Crippen MR) is 112 cm³/mol. The van der Waals surface area contributed by atoms with Crippen LogP contribution in [0.3, 0.4) is 0 Å². The van der Waals surface area contributed by atoms with E-state index in [1.165, 1.54) is 31.9 Å². The molecule has 1 aromatic carbocycles. The van der Waals surface area contributed by atoms with Crippen molar-refractivity contribution >= 4 is 13.6 Å². The lowest BCUT2D eigenvalue weighted by atomic mass is 10.2. The normalized spacial score (nSPS) is 21.9. The number of nitrogens with zero attached hydrogens (tertiary/aromatic N) is 1. The van der Waals surface area contributed by atoms with Crippen LogP contribution in [0.5, 0.6) is 0 Å². The van der Waals surface area contributed by atoms with Crippen molar-refractivity contribution in [1.29, 1.82) is 0 Å². The Bertz CT molecular complexity index is 1110. The molecule has 4 atom stereocenters. The first-order valence-corrected chi connectivity index (χ1v) is 11.4. The Morgan fingerprint density at radius 2 is 1.88 bits per heavy atom. The number of aromatic amines is 1. The number of hydrogen-bond donors (Lipinski definition) is 1. The van der Waals surface area contributed by atoms with Crippen LogP contribution in [0.15, 0.2) is 46.1 Å². The lowest BCUT2D eigenvalue weighted by Gasteiger charge is -2.26. The Labute approximate surface area is 183 Å². The molecular formula is C20H25N2O9P. The van der Waals surface area contributed by atoms with Gasteiger partial charge in [0.25, 0.3) is 5.56 Å². The Hall–Kier alpha value is -2.56. The number of aromatic nitrogens is 2. The lowest BCUT2D eigenvalue weighted by Crippen LogP contribution is -2.34. The van der Waals surface area contributed by atoms with E-state index in [2.05, 4.69) is 4.98 Å². The van der Waals surface area contributed by atoms with Crippen molar-refractivity contribution in [2.45, 2.75) is 44.7 Å². The maximum atomic E-state index is 12.6. The number of benzene rings is 1. The van der Waals surface area contributed by atoms with Crippen LogP contribution >= 0.6 is 7.60 Å². The third kappa shape index (κ3) is 5.08. The van der Waals surface area contributed by atoms with Gasteiger partial charge in [0.15, 0.2) is 18.2 Å². The zero-order chi connectivity index (χ0) is 23.5. The SMILES string of the molecule is COP(=O)(OC)C(C)O[C@H]1O[C@@H](n2cc(C)c(=O)[nH]c2=O)C[C@@H]1OC(=O)c1ccccc1. The summed E-state index contributed by atoms with van der Waals surface area (Å²) in [5, 5.41) is 0. The van der Waals surface area contributed by atoms with E-state index in [0.29, 0.717) is 11.1 Å². The van der Waals surface area contributed by atoms with Gasteiger partial charge in [0, 0.05) is 32.4 Å². The zero-order valence-electron chi connectivity index (χ0n) is 18.0. The summed E-state index contributed by atoms with van der Waals surface area (Å²) in [5.41, 5.74) is -0.586. The van der Waals surface area contributed by atoms with Crippen molar-refractivity contribution in [1.82, 2.24) is 9.55 Å². The van der Waals surface area contributed by atoms with E-state index in [1.807, 2.05) is 0 Å². The lowest BCUT2D eigenvalue weighted by molar-refractivity contribution is -0.186. The quantitative estimate of drug-likeness (QED) is 0.457. The number of aryl methyl sites for hydroxylation is 1. The van der Waals surface area contributed by atoms with Crippen LogP contribution in [0.4, 0.5) is 0 Å². The van der Waals surface area contributed by atoms with Gasteiger partial charge in [0.1, 0.15) is 6.23 Å². The summed E-state index contributed by atoms with van der Waals surface area (Å²) in [6.45, 7) is 3.01. The number of nitrogens with one attached hydrogen (secondary N) is 1. The van der Waals surface area contributed by atoms with Crippen molar-refractivity contribution in [3.8, 4) is 0 Å². The fraction of sp³-hybridized carbons (Fsp3) is 0.450. The van der Waals surface area contributed by atoms with Crippen LogP contribution in [0.25, 0.3) is 0 Å². The molecule has 0 saturated carbocycles. The molecule has 1 N–H and O–H groups in total. The standard InChI is InChI=1S/C20H25N2O9P/c1-12-11-22(20(25)21-17(12)23)16-10-15(30-18(24)14-8-6-5-7-9-14)19(31-16)29-13(2)32(26,27-3)28-4/h5-9,11,13,15-16,19H,10H2,1-4H3,(H,21,23,25)/t13?,15-,16+,19-/m0/s1. The molecule has 0 spiro atoms. The summed E-state index contributed by atoms with van der Waals surface area (Å²) in [6.07, 6.45) is -1.64. The second-order valence-electron chi connectivity index (χ2n) is 7.12. The highest BCUT2D eigenvalue weighted by Crippen LogP contribution is 2.52. The average molecular weight is 468 g/mol. The van der Waals surface area contributed by atoms with E-state index < -0.39 is 49.3 Å². The molecular weight excluding hydrogens is 443 g/mol. The fourth-order valence-electron chi connectivity index (χ4n) is 3.23. The maximum Gasteiger partial charge on any atom is 0.358 e. The summed E-state index contributed by atoms with van der Waals surface area (Å²) < 4.78 is 40.9. The van der Waals surface area contributed by atoms with Crippen LogP contribution in [0.1, 0.15) is 35.5 Å². The molecule has 0 amide bonds. The Morgan fingerprint density at radius 3 is 2.50 bits per heavy atom. The molecule has 1 aliphatic heterocycles. The van der Waals surface area contributed by atoms with Crippen LogP contribution in [-0.4, -0.2) is 48.0 Å². The molecule has 2 aromatic rings. The van der Waals surface area contributed by atoms with Crippen LogP contribution in [-0.2, 0) is 27.8 Å². The van der Waals surface area contributed by atoms with Crippen LogP contribution < -0.4 is 11.2 Å². The Kier molecular flexibility index (Phi) is 7.47. The molecule has 2 heterocycles. The number of carbonyl (C=O) groups excluding carboxylic acids is 1. The van der Waals surface area contributed by atoms with Crippen molar-refractivity contribution < 1.29 is 32.6 Å². The first-order valence-electron chi connectivity index (χ1n) is 9.78. The second kappa shape index (κ2) is 9.93. The fourth-order valence-corrected chi connectivity index (χ4v) is 4.24. The largest absolute Gasteiger partial charge is 0.453 e. The van der Waals surface area contributed by atoms with Gasteiger partial charge >= 0.3 is 19.3 Å². The van der Waals surface area contributed by atoms with Crippen molar-refractivity contribution in [3.63, 3.8) is 0 Å². The highest BCUT2D eigenvalue weighted by atomic mass is 31.2. The van der Waals surface area contributed by atoms with Crippen LogP contribution in [0.2, 0.25) is 0 Å². The van der Waals surface area contributed by atoms with Gasteiger partial charge in [-0.3, -0.25) is 18.9 Å². The summed E-state index contributed by atoms with van der Waals surface area (Å²) >= 11 is 0. The average Bonchev–Trinajstić information content (AvgIpc) is 3.17. The molecule has 0 bridgehead atoms. The monoisotopic (exact) mass is 468 g/mol. The van der Waals surface area contributed by atoms with E-state index >= 15 is 0 Å². The number of rotatable bonds is 8. The van der Waals surface area contributed by atoms with E-state index in [9.17, 15) is 18.9 Å². The van der Waals surface area contributed by atoms with E-state index in [-0.39, 0.29) is 6.42 Å². The molecule has 11 nitrogen and oxygen atoms in total. The van der Waals surface area contributed by atoms with Gasteiger partial charge in [-0.2, -0.15) is 0 Å². The summed E-state index contributed by atoms with van der Waals surface area (Å²) in [7, 11) is -1.18. The minimum Gasteiger partial charge on any atom is -0.453 e. The third-order valence-electron chi connectivity index (χ3n) is 5.04. The smallest absolute Gasteiger partial charge is 0.358 e. The highest BCUT2D eigenvalue weighted by Gasteiger charge is 2.44. The molecule has 1 unspecified atom stereocenters. The molecule has 0 radical (unpaired) electrons. The highest BCUT2D eigenvalue weighted by molar-refractivity contribution is 7.54. The van der Waals surface area contributed by atoms with Crippen LogP contribution in [0, 0.1) is 6.92 Å². The molecule has 3 rings (SSSR count). The van der Waals surface area contributed by atoms with Gasteiger partial charge in [-0.05, 0) is 26.0 Å². The van der Waals surface area contributed by atoms with Gasteiger partial charge in [-0.15, -0.1) is 0 Å². The first-order chi connectivity index (χ1) is 15.2. The summed E-state index contributed by atoms with van der Waals surface area (Å²) in [5.74, 6) is -1.68. The van der Waals surface area contributed by atoms with Gasteiger partial charge in [0.05, 0.1) is 5.56 Å². The van der Waals surface area contributed by atoms with Gasteiger partial charge < -0.3 is 23.3 Å². The predicted octanol–water partition coefficient (Wildman–Crippen LogP) is 2.16. The number of H-pyrrole nitrogens is 1. The van der Waals surface area contributed by atoms with Crippen molar-refractivity contribution in [2.75, 3.05) is 14.2 Å². The van der Waals surface area contributed by atoms with Gasteiger partial charge in [-0.25, -0.2) is 9.59 Å². The topological polar surface area (TPSA) is 135 Å². The second-order valence-corrected chi connectivity index (χ2v) is 9.66. The molecule has 1 aliphatic rings. The molecule has 0 aliphatic carbocycles. The third-order valence-corrected chi connectivity index (χ3v) is 7.07. The Morgan fingerprint density at radius 1 is 1.22 bits per heavy atom. The van der Waals surface area contributed by atoms with E-state index in [0.717, 1.165) is 0 Å². The van der Waals surface area contributed by atoms with Crippen molar-refractivity contribution in [3.05, 3.63) is 68.5 Å². The summed E-state index contributed by atoms with van der Waals surface area (Å²) in [6, 6.07) is 8.33. The van der Waals surface area contributed by atoms with Gasteiger partial charge in [0.2, 0.25) is 0 Å². The van der Waals surface area contributed by atoms with Gasteiger partial charge in [-0.1, -0.05) is 18.2 Å². The molecule has 12 heteroatoms.